The normalized spacial score (nSPS) is 18.8. The number of benzene rings is 1. The molecular formula is C20H24F3N5O2. The fraction of sp³-hybridized carbons (Fsp3) is 0.550. The lowest BCUT2D eigenvalue weighted by Gasteiger charge is -2.34. The summed E-state index contributed by atoms with van der Waals surface area (Å²) in [6, 6.07) is 4.89. The SMILES string of the molecule is O=C(CN1CCN(Cc2nc(-c3cccc(C(F)(F)F)c3)no2)CC1)N1CCCC1. The molecule has 7 nitrogen and oxygen atoms in total. The third kappa shape index (κ3) is 4.99. The highest BCUT2D eigenvalue weighted by molar-refractivity contribution is 5.78. The van der Waals surface area contributed by atoms with Crippen molar-refractivity contribution in [2.75, 3.05) is 45.8 Å². The van der Waals surface area contributed by atoms with Crippen LogP contribution in [-0.2, 0) is 17.5 Å². The maximum Gasteiger partial charge on any atom is 0.416 e. The molecule has 0 N–H and O–H groups in total. The Morgan fingerprint density at radius 3 is 2.43 bits per heavy atom. The Hall–Kier alpha value is -2.46. The van der Waals surface area contributed by atoms with E-state index in [1.807, 2.05) is 4.90 Å². The van der Waals surface area contributed by atoms with Gasteiger partial charge in [0.1, 0.15) is 0 Å². The van der Waals surface area contributed by atoms with Gasteiger partial charge in [-0.1, -0.05) is 17.3 Å². The zero-order valence-corrected chi connectivity index (χ0v) is 16.6. The van der Waals surface area contributed by atoms with Crippen LogP contribution in [0.25, 0.3) is 11.4 Å². The number of nitrogens with zero attached hydrogens (tertiary/aromatic N) is 5. The summed E-state index contributed by atoms with van der Waals surface area (Å²) < 4.78 is 43.9. The van der Waals surface area contributed by atoms with Crippen LogP contribution in [0.5, 0.6) is 0 Å². The van der Waals surface area contributed by atoms with Gasteiger partial charge in [-0.15, -0.1) is 0 Å². The number of amides is 1. The number of hydrogen-bond acceptors (Lipinski definition) is 6. The van der Waals surface area contributed by atoms with Crippen molar-refractivity contribution in [3.63, 3.8) is 0 Å². The Morgan fingerprint density at radius 2 is 1.73 bits per heavy atom. The summed E-state index contributed by atoms with van der Waals surface area (Å²) >= 11 is 0. The highest BCUT2D eigenvalue weighted by atomic mass is 19.4. The average molecular weight is 423 g/mol. The monoisotopic (exact) mass is 423 g/mol. The molecule has 2 saturated heterocycles. The van der Waals surface area contributed by atoms with Crippen LogP contribution >= 0.6 is 0 Å². The van der Waals surface area contributed by atoms with E-state index in [1.165, 1.54) is 12.1 Å². The quantitative estimate of drug-likeness (QED) is 0.736. The molecule has 162 valence electrons. The second-order valence-corrected chi connectivity index (χ2v) is 7.73. The first-order valence-corrected chi connectivity index (χ1v) is 10.1. The molecule has 2 aliphatic heterocycles. The van der Waals surface area contributed by atoms with Crippen molar-refractivity contribution in [2.45, 2.75) is 25.6 Å². The summed E-state index contributed by atoms with van der Waals surface area (Å²) in [6.45, 7) is 5.67. The van der Waals surface area contributed by atoms with E-state index in [1.54, 1.807) is 0 Å². The Morgan fingerprint density at radius 1 is 1.03 bits per heavy atom. The highest BCUT2D eigenvalue weighted by Gasteiger charge is 2.31. The number of likely N-dealkylation sites (tertiary alicyclic amines) is 1. The van der Waals surface area contributed by atoms with E-state index >= 15 is 0 Å². The number of piperazine rings is 1. The largest absolute Gasteiger partial charge is 0.416 e. The third-order valence-corrected chi connectivity index (χ3v) is 5.56. The number of aromatic nitrogens is 2. The molecule has 10 heteroatoms. The Kier molecular flexibility index (Phi) is 6.05. The molecule has 2 aliphatic rings. The molecule has 0 bridgehead atoms. The highest BCUT2D eigenvalue weighted by Crippen LogP contribution is 2.31. The van der Waals surface area contributed by atoms with Crippen molar-refractivity contribution in [2.24, 2.45) is 0 Å². The van der Waals surface area contributed by atoms with E-state index in [0.717, 1.165) is 64.2 Å². The molecule has 30 heavy (non-hydrogen) atoms. The van der Waals surface area contributed by atoms with Gasteiger partial charge in [-0.3, -0.25) is 14.6 Å². The van der Waals surface area contributed by atoms with E-state index in [-0.39, 0.29) is 17.3 Å². The van der Waals surface area contributed by atoms with Gasteiger partial charge >= 0.3 is 6.18 Å². The Labute approximate surface area is 172 Å². The van der Waals surface area contributed by atoms with Crippen molar-refractivity contribution < 1.29 is 22.5 Å². The number of halogens is 3. The summed E-state index contributed by atoms with van der Waals surface area (Å²) in [6.07, 6.45) is -2.24. The summed E-state index contributed by atoms with van der Waals surface area (Å²) in [5.74, 6) is 0.707. The standard InChI is InChI=1S/C20H24F3N5O2/c21-20(22,23)16-5-3-4-15(12-16)19-24-17(30-25-19)13-26-8-10-27(11-9-26)14-18(29)28-6-1-2-7-28/h3-5,12H,1-2,6-11,13-14H2. The molecule has 0 radical (unpaired) electrons. The molecule has 0 atom stereocenters. The van der Waals surface area contributed by atoms with Crippen LogP contribution in [0.3, 0.4) is 0 Å². The second-order valence-electron chi connectivity index (χ2n) is 7.73. The van der Waals surface area contributed by atoms with Crippen LogP contribution in [-0.4, -0.2) is 76.6 Å². The first-order valence-electron chi connectivity index (χ1n) is 10.1. The summed E-state index contributed by atoms with van der Waals surface area (Å²) in [7, 11) is 0. The molecule has 4 rings (SSSR count). The van der Waals surface area contributed by atoms with Crippen LogP contribution in [0.4, 0.5) is 13.2 Å². The van der Waals surface area contributed by atoms with Gasteiger partial charge in [0, 0.05) is 44.8 Å². The van der Waals surface area contributed by atoms with Crippen molar-refractivity contribution in [3.8, 4) is 11.4 Å². The van der Waals surface area contributed by atoms with Gasteiger partial charge in [-0.2, -0.15) is 18.2 Å². The lowest BCUT2D eigenvalue weighted by Crippen LogP contribution is -2.49. The molecule has 0 aliphatic carbocycles. The molecule has 1 amide bonds. The van der Waals surface area contributed by atoms with Gasteiger partial charge in [-0.05, 0) is 25.0 Å². The lowest BCUT2D eigenvalue weighted by atomic mass is 10.1. The number of carbonyl (C=O) groups excluding carboxylic acids is 1. The zero-order chi connectivity index (χ0) is 21.1. The van der Waals surface area contributed by atoms with E-state index < -0.39 is 11.7 Å². The molecule has 1 aromatic heterocycles. The Balaban J connectivity index is 1.29. The smallest absolute Gasteiger partial charge is 0.342 e. The molecule has 0 unspecified atom stereocenters. The van der Waals surface area contributed by atoms with Crippen molar-refractivity contribution in [1.29, 1.82) is 0 Å². The molecule has 0 saturated carbocycles. The molecule has 0 spiro atoms. The van der Waals surface area contributed by atoms with Crippen molar-refractivity contribution in [1.82, 2.24) is 24.8 Å². The van der Waals surface area contributed by atoms with E-state index in [4.69, 9.17) is 4.52 Å². The van der Waals surface area contributed by atoms with Crippen LogP contribution < -0.4 is 0 Å². The fourth-order valence-corrected chi connectivity index (χ4v) is 3.83. The van der Waals surface area contributed by atoms with Gasteiger partial charge in [0.05, 0.1) is 18.7 Å². The number of rotatable bonds is 5. The zero-order valence-electron chi connectivity index (χ0n) is 16.6. The van der Waals surface area contributed by atoms with Gasteiger partial charge in [0.25, 0.3) is 0 Å². The molecule has 2 fully saturated rings. The number of hydrogen-bond donors (Lipinski definition) is 0. The predicted octanol–water partition coefficient (Wildman–Crippen LogP) is 2.50. The van der Waals surface area contributed by atoms with E-state index in [9.17, 15) is 18.0 Å². The number of carbonyl (C=O) groups is 1. The minimum Gasteiger partial charge on any atom is -0.342 e. The van der Waals surface area contributed by atoms with Gasteiger partial charge < -0.3 is 9.42 Å². The first-order chi connectivity index (χ1) is 14.4. The fourth-order valence-electron chi connectivity index (χ4n) is 3.83. The molecule has 2 aromatic rings. The third-order valence-electron chi connectivity index (χ3n) is 5.56. The number of alkyl halides is 3. The van der Waals surface area contributed by atoms with Crippen molar-refractivity contribution >= 4 is 5.91 Å². The topological polar surface area (TPSA) is 65.7 Å². The summed E-state index contributed by atoms with van der Waals surface area (Å²) in [5.41, 5.74) is -0.476. The summed E-state index contributed by atoms with van der Waals surface area (Å²) in [4.78, 5) is 22.8. The predicted molar refractivity (Wildman–Crippen MR) is 102 cm³/mol. The second kappa shape index (κ2) is 8.73. The van der Waals surface area contributed by atoms with Crippen LogP contribution in [0.2, 0.25) is 0 Å². The maximum atomic E-state index is 12.9. The molecule has 1 aromatic carbocycles. The Bertz CT molecular complexity index is 871. The van der Waals surface area contributed by atoms with Gasteiger partial charge in [0.2, 0.25) is 17.6 Å². The maximum absolute atomic E-state index is 12.9. The first kappa shape index (κ1) is 20.8. The molecule has 3 heterocycles. The van der Waals surface area contributed by atoms with E-state index in [2.05, 4.69) is 19.9 Å². The van der Waals surface area contributed by atoms with Crippen LogP contribution in [0.15, 0.2) is 28.8 Å². The van der Waals surface area contributed by atoms with E-state index in [0.29, 0.717) is 19.0 Å². The van der Waals surface area contributed by atoms with Crippen LogP contribution in [0, 0.1) is 0 Å². The average Bonchev–Trinajstić information content (AvgIpc) is 3.41. The van der Waals surface area contributed by atoms with Crippen LogP contribution in [0.1, 0.15) is 24.3 Å². The summed E-state index contributed by atoms with van der Waals surface area (Å²) in [5, 5.41) is 3.83. The van der Waals surface area contributed by atoms with Gasteiger partial charge in [-0.25, -0.2) is 0 Å². The van der Waals surface area contributed by atoms with Crippen molar-refractivity contribution in [3.05, 3.63) is 35.7 Å². The minimum absolute atomic E-state index is 0.144. The van der Waals surface area contributed by atoms with Gasteiger partial charge in [0.15, 0.2) is 0 Å². The lowest BCUT2D eigenvalue weighted by molar-refractivity contribution is -0.137. The molecular weight excluding hydrogens is 399 g/mol. The minimum atomic E-state index is -4.42.